The van der Waals surface area contributed by atoms with Crippen molar-refractivity contribution in [2.45, 2.75) is 38.5 Å². The van der Waals surface area contributed by atoms with Crippen LogP contribution in [0.15, 0.2) is 58.2 Å². The third-order valence-electron chi connectivity index (χ3n) is 4.54. The molecule has 0 aliphatic carbocycles. The monoisotopic (exact) mass is 501 g/mol. The quantitative estimate of drug-likeness (QED) is 0.440. The lowest BCUT2D eigenvalue weighted by Gasteiger charge is -2.15. The Morgan fingerprint density at radius 1 is 1.16 bits per heavy atom. The molecular weight excluding hydrogens is 478 g/mol. The van der Waals surface area contributed by atoms with Gasteiger partial charge in [-0.15, -0.1) is 10.2 Å². The molecule has 31 heavy (non-hydrogen) atoms. The highest BCUT2D eigenvalue weighted by atomic mass is 79.9. The van der Waals surface area contributed by atoms with E-state index in [-0.39, 0.29) is 23.6 Å². The number of nitrogens with one attached hydrogen (secondary N) is 2. The van der Waals surface area contributed by atoms with Crippen LogP contribution in [-0.4, -0.2) is 32.3 Å². The van der Waals surface area contributed by atoms with Gasteiger partial charge in [0.05, 0.1) is 11.8 Å². The topological polar surface area (TPSA) is 88.9 Å². The number of carbonyl (C=O) groups is 2. The molecule has 162 valence electrons. The van der Waals surface area contributed by atoms with Crippen LogP contribution in [0.25, 0.3) is 0 Å². The zero-order valence-electron chi connectivity index (χ0n) is 17.6. The van der Waals surface area contributed by atoms with Gasteiger partial charge >= 0.3 is 0 Å². The molecule has 1 aromatic heterocycles. The number of nitrogens with zero attached hydrogens (tertiary/aromatic N) is 3. The van der Waals surface area contributed by atoms with Crippen molar-refractivity contribution in [2.75, 3.05) is 11.1 Å². The van der Waals surface area contributed by atoms with Crippen LogP contribution in [0, 0.1) is 6.92 Å². The molecule has 1 heterocycles. The highest BCUT2D eigenvalue weighted by Crippen LogP contribution is 2.21. The molecule has 0 aliphatic rings. The lowest BCUT2D eigenvalue weighted by Crippen LogP contribution is -2.28. The molecule has 2 amide bonds. The van der Waals surface area contributed by atoms with Gasteiger partial charge in [0.2, 0.25) is 5.91 Å². The number of rotatable bonds is 8. The highest BCUT2D eigenvalue weighted by Gasteiger charge is 2.20. The molecule has 0 fully saturated rings. The molecule has 9 heteroatoms. The maximum Gasteiger partial charge on any atom is 0.251 e. The van der Waals surface area contributed by atoms with E-state index in [0.29, 0.717) is 23.1 Å². The third kappa shape index (κ3) is 6.18. The van der Waals surface area contributed by atoms with Crippen molar-refractivity contribution in [1.82, 2.24) is 20.1 Å². The first kappa shape index (κ1) is 23.0. The Balaban J connectivity index is 1.62. The lowest BCUT2D eigenvalue weighted by molar-refractivity contribution is -0.113. The predicted molar refractivity (Wildman–Crippen MR) is 126 cm³/mol. The average Bonchev–Trinajstić information content (AvgIpc) is 3.17. The van der Waals surface area contributed by atoms with Crippen LogP contribution in [0.2, 0.25) is 0 Å². The summed E-state index contributed by atoms with van der Waals surface area (Å²) in [7, 11) is 0. The maximum absolute atomic E-state index is 12.6. The van der Waals surface area contributed by atoms with Crippen LogP contribution >= 0.6 is 27.7 Å². The minimum Gasteiger partial charge on any atom is -0.342 e. The van der Waals surface area contributed by atoms with E-state index < -0.39 is 0 Å². The van der Waals surface area contributed by atoms with Crippen LogP contribution in [-0.2, 0) is 11.3 Å². The summed E-state index contributed by atoms with van der Waals surface area (Å²) < 4.78 is 2.87. The number of halogens is 1. The molecule has 3 rings (SSSR count). The number of carbonyl (C=O) groups excluding carboxylic acids is 2. The summed E-state index contributed by atoms with van der Waals surface area (Å²) in [6, 6.07) is 14.5. The summed E-state index contributed by atoms with van der Waals surface area (Å²) >= 11 is 4.69. The minimum atomic E-state index is -0.327. The second-order valence-electron chi connectivity index (χ2n) is 6.99. The SMILES string of the molecule is CCn1c(SCC(=O)Nc2ccc(Br)cc2)nnc1[C@@H](C)NC(=O)c1cccc(C)c1. The summed E-state index contributed by atoms with van der Waals surface area (Å²) in [5.74, 6) is 0.572. The average molecular weight is 502 g/mol. The molecule has 0 saturated carbocycles. The summed E-state index contributed by atoms with van der Waals surface area (Å²) in [5.41, 5.74) is 2.37. The number of anilines is 1. The molecule has 0 saturated heterocycles. The Morgan fingerprint density at radius 3 is 2.58 bits per heavy atom. The van der Waals surface area contributed by atoms with Crippen molar-refractivity contribution >= 4 is 45.2 Å². The second kappa shape index (κ2) is 10.6. The van der Waals surface area contributed by atoms with Gasteiger partial charge in [0.15, 0.2) is 11.0 Å². The zero-order chi connectivity index (χ0) is 22.4. The van der Waals surface area contributed by atoms with Gasteiger partial charge in [-0.1, -0.05) is 45.4 Å². The fourth-order valence-corrected chi connectivity index (χ4v) is 4.09. The van der Waals surface area contributed by atoms with Gasteiger partial charge in [-0.3, -0.25) is 9.59 Å². The third-order valence-corrected chi connectivity index (χ3v) is 6.03. The fourth-order valence-electron chi connectivity index (χ4n) is 3.02. The summed E-state index contributed by atoms with van der Waals surface area (Å²) in [6.07, 6.45) is 0. The van der Waals surface area contributed by atoms with Crippen LogP contribution in [0.4, 0.5) is 5.69 Å². The van der Waals surface area contributed by atoms with Crippen molar-refractivity contribution in [1.29, 1.82) is 0 Å². The number of hydrogen-bond acceptors (Lipinski definition) is 5. The summed E-state index contributed by atoms with van der Waals surface area (Å²) in [5, 5.41) is 15.0. The fraction of sp³-hybridized carbons (Fsp3) is 0.273. The standard InChI is InChI=1S/C22H24BrN5O2S/c1-4-28-20(15(3)24-21(30)16-7-5-6-14(2)12-16)26-27-22(28)31-13-19(29)25-18-10-8-17(23)9-11-18/h5-12,15H,4,13H2,1-3H3,(H,24,30)(H,25,29)/t15-/m1/s1. The minimum absolute atomic E-state index is 0.125. The van der Waals surface area contributed by atoms with Gasteiger partial charge in [-0.2, -0.15) is 0 Å². The number of aryl methyl sites for hydroxylation is 1. The van der Waals surface area contributed by atoms with Crippen molar-refractivity contribution in [2.24, 2.45) is 0 Å². The first-order chi connectivity index (χ1) is 14.9. The molecule has 2 N–H and O–H groups in total. The largest absolute Gasteiger partial charge is 0.342 e. The van der Waals surface area contributed by atoms with Crippen molar-refractivity contribution in [3.63, 3.8) is 0 Å². The number of thioether (sulfide) groups is 1. The number of benzene rings is 2. The molecule has 7 nitrogen and oxygen atoms in total. The Hall–Kier alpha value is -2.65. The van der Waals surface area contributed by atoms with E-state index in [4.69, 9.17) is 0 Å². The second-order valence-corrected chi connectivity index (χ2v) is 8.85. The molecule has 3 aromatic rings. The molecule has 0 unspecified atom stereocenters. The van der Waals surface area contributed by atoms with E-state index in [2.05, 4.69) is 36.8 Å². The summed E-state index contributed by atoms with van der Waals surface area (Å²) in [6.45, 7) is 6.43. The molecule has 2 aromatic carbocycles. The highest BCUT2D eigenvalue weighted by molar-refractivity contribution is 9.10. The van der Waals surface area contributed by atoms with Crippen LogP contribution in [0.1, 0.15) is 41.6 Å². The molecular formula is C22H24BrN5O2S. The van der Waals surface area contributed by atoms with Crippen molar-refractivity contribution in [3.05, 3.63) is 70.0 Å². The van der Waals surface area contributed by atoms with Gasteiger partial charge < -0.3 is 15.2 Å². The van der Waals surface area contributed by atoms with E-state index in [1.165, 1.54) is 11.8 Å². The van der Waals surface area contributed by atoms with Crippen molar-refractivity contribution < 1.29 is 9.59 Å². The molecule has 0 aliphatic heterocycles. The molecule has 0 spiro atoms. The molecule has 0 radical (unpaired) electrons. The van der Waals surface area contributed by atoms with Crippen LogP contribution in [0.3, 0.4) is 0 Å². The van der Waals surface area contributed by atoms with E-state index in [9.17, 15) is 9.59 Å². The Morgan fingerprint density at radius 2 is 1.90 bits per heavy atom. The lowest BCUT2D eigenvalue weighted by atomic mass is 10.1. The van der Waals surface area contributed by atoms with E-state index in [1.54, 1.807) is 6.07 Å². The number of hydrogen-bond donors (Lipinski definition) is 2. The van der Waals surface area contributed by atoms with E-state index in [1.807, 2.05) is 67.8 Å². The number of aromatic nitrogens is 3. The first-order valence-corrected chi connectivity index (χ1v) is 11.6. The molecule has 0 bridgehead atoms. The van der Waals surface area contributed by atoms with Crippen LogP contribution in [0.5, 0.6) is 0 Å². The maximum atomic E-state index is 12.6. The Labute approximate surface area is 194 Å². The van der Waals surface area contributed by atoms with Gasteiger partial charge in [-0.25, -0.2) is 0 Å². The van der Waals surface area contributed by atoms with Gasteiger partial charge in [0, 0.05) is 22.3 Å². The first-order valence-electron chi connectivity index (χ1n) is 9.86. The Kier molecular flexibility index (Phi) is 7.86. The number of amides is 2. The van der Waals surface area contributed by atoms with Crippen molar-refractivity contribution in [3.8, 4) is 0 Å². The predicted octanol–water partition coefficient (Wildman–Crippen LogP) is 4.59. The normalized spacial score (nSPS) is 11.7. The van der Waals surface area contributed by atoms with Crippen LogP contribution < -0.4 is 10.6 Å². The zero-order valence-corrected chi connectivity index (χ0v) is 20.0. The van der Waals surface area contributed by atoms with Gasteiger partial charge in [-0.05, 0) is 57.2 Å². The van der Waals surface area contributed by atoms with E-state index >= 15 is 0 Å². The van der Waals surface area contributed by atoms with E-state index in [0.717, 1.165) is 15.7 Å². The smallest absolute Gasteiger partial charge is 0.251 e. The Bertz CT molecular complexity index is 1070. The summed E-state index contributed by atoms with van der Waals surface area (Å²) in [4.78, 5) is 24.8. The van der Waals surface area contributed by atoms with Gasteiger partial charge in [0.1, 0.15) is 0 Å². The van der Waals surface area contributed by atoms with Gasteiger partial charge in [0.25, 0.3) is 5.91 Å². The molecule has 1 atom stereocenters.